The highest BCUT2D eigenvalue weighted by Gasteiger charge is 2.19. The van der Waals surface area contributed by atoms with E-state index in [1.165, 1.54) is 31.4 Å². The van der Waals surface area contributed by atoms with Crippen molar-refractivity contribution in [3.8, 4) is 5.75 Å². The van der Waals surface area contributed by atoms with Crippen molar-refractivity contribution >= 4 is 0 Å². The number of ether oxygens (including phenoxy) is 1. The third kappa shape index (κ3) is 5.15. The molecule has 106 valence electrons. The summed E-state index contributed by atoms with van der Waals surface area (Å²) >= 11 is 0. The van der Waals surface area contributed by atoms with Crippen molar-refractivity contribution in [3.05, 3.63) is 29.8 Å². The molecule has 0 amide bonds. The molecule has 0 heterocycles. The fraction of sp³-hybridized carbons (Fsp3) is 0.600. The van der Waals surface area contributed by atoms with E-state index in [-0.39, 0.29) is 5.75 Å². The van der Waals surface area contributed by atoms with Crippen LogP contribution in [-0.2, 0) is 0 Å². The summed E-state index contributed by atoms with van der Waals surface area (Å²) < 4.78 is 31.4. The molecule has 1 aliphatic rings. The first-order valence-electron chi connectivity index (χ1n) is 7.07. The van der Waals surface area contributed by atoms with E-state index in [0.717, 1.165) is 37.9 Å². The van der Waals surface area contributed by atoms with Gasteiger partial charge in [0, 0.05) is 6.04 Å². The van der Waals surface area contributed by atoms with E-state index in [9.17, 15) is 8.78 Å². The smallest absolute Gasteiger partial charge is 0.200 e. The van der Waals surface area contributed by atoms with Crippen LogP contribution in [0.2, 0.25) is 0 Å². The molecule has 2 rings (SSSR count). The average molecular weight is 269 g/mol. The largest absolute Gasteiger partial charge is 0.490 e. The standard InChI is InChI=1S/C15H21F2NO/c16-13-6-5-7-14(15(13)17)19-11-4-2-1-3-10-18-12-8-9-12/h5-7,12,18H,1-4,8-11H2. The van der Waals surface area contributed by atoms with Crippen LogP contribution in [0.5, 0.6) is 5.75 Å². The van der Waals surface area contributed by atoms with Gasteiger partial charge in [0.1, 0.15) is 0 Å². The number of benzene rings is 1. The molecule has 1 aromatic carbocycles. The van der Waals surface area contributed by atoms with Crippen LogP contribution < -0.4 is 10.1 Å². The molecule has 0 saturated heterocycles. The lowest BCUT2D eigenvalue weighted by Gasteiger charge is -2.07. The fourth-order valence-electron chi connectivity index (χ4n) is 1.95. The molecule has 2 nitrogen and oxygen atoms in total. The fourth-order valence-corrected chi connectivity index (χ4v) is 1.95. The van der Waals surface area contributed by atoms with Gasteiger partial charge in [0.25, 0.3) is 0 Å². The van der Waals surface area contributed by atoms with E-state index in [2.05, 4.69) is 5.32 Å². The molecule has 0 aliphatic heterocycles. The monoisotopic (exact) mass is 269 g/mol. The number of hydrogen-bond donors (Lipinski definition) is 1. The molecule has 0 unspecified atom stereocenters. The summed E-state index contributed by atoms with van der Waals surface area (Å²) in [7, 11) is 0. The molecule has 1 fully saturated rings. The minimum absolute atomic E-state index is 0.00963. The maximum Gasteiger partial charge on any atom is 0.200 e. The van der Waals surface area contributed by atoms with Crippen LogP contribution in [0.1, 0.15) is 38.5 Å². The molecule has 0 atom stereocenters. The Morgan fingerprint density at radius 1 is 1.11 bits per heavy atom. The second-order valence-electron chi connectivity index (χ2n) is 5.04. The second-order valence-corrected chi connectivity index (χ2v) is 5.04. The van der Waals surface area contributed by atoms with Gasteiger partial charge in [0.15, 0.2) is 11.6 Å². The molecule has 0 radical (unpaired) electrons. The van der Waals surface area contributed by atoms with Gasteiger partial charge in [0.05, 0.1) is 6.61 Å². The predicted molar refractivity (Wildman–Crippen MR) is 71.3 cm³/mol. The van der Waals surface area contributed by atoms with E-state index >= 15 is 0 Å². The predicted octanol–water partition coefficient (Wildman–Crippen LogP) is 3.66. The van der Waals surface area contributed by atoms with Gasteiger partial charge in [-0.3, -0.25) is 0 Å². The zero-order valence-corrected chi connectivity index (χ0v) is 11.1. The Labute approximate surface area is 113 Å². The maximum atomic E-state index is 13.3. The maximum absolute atomic E-state index is 13.3. The number of halogens is 2. The van der Waals surface area contributed by atoms with Gasteiger partial charge in [-0.1, -0.05) is 18.9 Å². The Hall–Kier alpha value is -1.16. The van der Waals surface area contributed by atoms with E-state index in [0.29, 0.717) is 6.61 Å². The molecule has 1 N–H and O–H groups in total. The first-order chi connectivity index (χ1) is 9.27. The third-order valence-corrected chi connectivity index (χ3v) is 3.26. The van der Waals surface area contributed by atoms with Crippen LogP contribution in [0, 0.1) is 11.6 Å². The highest BCUT2D eigenvalue weighted by Crippen LogP contribution is 2.20. The summed E-state index contributed by atoms with van der Waals surface area (Å²) in [5, 5.41) is 3.46. The number of unbranched alkanes of at least 4 members (excludes halogenated alkanes) is 3. The molecular weight excluding hydrogens is 248 g/mol. The summed E-state index contributed by atoms with van der Waals surface area (Å²) in [6.07, 6.45) is 6.91. The van der Waals surface area contributed by atoms with Crippen LogP contribution in [0.25, 0.3) is 0 Å². The Morgan fingerprint density at radius 2 is 1.89 bits per heavy atom. The number of rotatable bonds is 9. The van der Waals surface area contributed by atoms with Crippen molar-refractivity contribution < 1.29 is 13.5 Å². The van der Waals surface area contributed by atoms with Crippen LogP contribution in [0.15, 0.2) is 18.2 Å². The topological polar surface area (TPSA) is 21.3 Å². The Balaban J connectivity index is 1.50. The van der Waals surface area contributed by atoms with Crippen molar-refractivity contribution in [2.24, 2.45) is 0 Å². The van der Waals surface area contributed by atoms with E-state index in [1.54, 1.807) is 0 Å². The van der Waals surface area contributed by atoms with E-state index < -0.39 is 11.6 Å². The van der Waals surface area contributed by atoms with E-state index in [1.807, 2.05) is 0 Å². The summed E-state index contributed by atoms with van der Waals surface area (Å²) in [6, 6.07) is 4.78. The second kappa shape index (κ2) is 7.43. The van der Waals surface area contributed by atoms with Gasteiger partial charge < -0.3 is 10.1 Å². The number of hydrogen-bond acceptors (Lipinski definition) is 2. The minimum atomic E-state index is -0.892. The van der Waals surface area contributed by atoms with Crippen LogP contribution >= 0.6 is 0 Å². The Bertz CT molecular complexity index is 394. The lowest BCUT2D eigenvalue weighted by atomic mass is 10.2. The third-order valence-electron chi connectivity index (χ3n) is 3.26. The SMILES string of the molecule is Fc1cccc(OCCCCCCNC2CC2)c1F. The van der Waals surface area contributed by atoms with Gasteiger partial charge in [-0.15, -0.1) is 0 Å². The normalized spacial score (nSPS) is 14.6. The van der Waals surface area contributed by atoms with Gasteiger partial charge in [-0.25, -0.2) is 4.39 Å². The van der Waals surface area contributed by atoms with Gasteiger partial charge >= 0.3 is 0 Å². The van der Waals surface area contributed by atoms with Crippen LogP contribution in [-0.4, -0.2) is 19.2 Å². The molecule has 1 saturated carbocycles. The lowest BCUT2D eigenvalue weighted by molar-refractivity contribution is 0.285. The summed E-state index contributed by atoms with van der Waals surface area (Å²) in [4.78, 5) is 0. The molecule has 1 aromatic rings. The highest BCUT2D eigenvalue weighted by molar-refractivity contribution is 5.24. The van der Waals surface area contributed by atoms with Crippen LogP contribution in [0.4, 0.5) is 8.78 Å². The average Bonchev–Trinajstić information content (AvgIpc) is 3.21. The first kappa shape index (κ1) is 14.3. The highest BCUT2D eigenvalue weighted by atomic mass is 19.2. The van der Waals surface area contributed by atoms with Gasteiger partial charge in [-0.2, -0.15) is 4.39 Å². The van der Waals surface area contributed by atoms with Crippen molar-refractivity contribution in [2.45, 2.75) is 44.6 Å². The zero-order valence-electron chi connectivity index (χ0n) is 11.1. The Kier molecular flexibility index (Phi) is 5.58. The summed E-state index contributed by atoms with van der Waals surface area (Å²) in [5.74, 6) is -1.74. The first-order valence-corrected chi connectivity index (χ1v) is 7.07. The zero-order chi connectivity index (χ0) is 13.5. The van der Waals surface area contributed by atoms with Crippen molar-refractivity contribution in [2.75, 3.05) is 13.2 Å². The molecule has 19 heavy (non-hydrogen) atoms. The quantitative estimate of drug-likeness (QED) is 0.691. The van der Waals surface area contributed by atoms with E-state index in [4.69, 9.17) is 4.74 Å². The van der Waals surface area contributed by atoms with Gasteiger partial charge in [0.2, 0.25) is 5.82 Å². The summed E-state index contributed by atoms with van der Waals surface area (Å²) in [6.45, 7) is 1.53. The number of nitrogens with one attached hydrogen (secondary N) is 1. The molecular formula is C15H21F2NO. The molecule has 0 aromatic heterocycles. The minimum Gasteiger partial charge on any atom is -0.490 e. The molecule has 0 spiro atoms. The van der Waals surface area contributed by atoms with Gasteiger partial charge in [-0.05, 0) is 44.4 Å². The van der Waals surface area contributed by atoms with Crippen LogP contribution in [0.3, 0.4) is 0 Å². The Morgan fingerprint density at radius 3 is 2.68 bits per heavy atom. The summed E-state index contributed by atoms with van der Waals surface area (Å²) in [5.41, 5.74) is 0. The molecule has 4 heteroatoms. The lowest BCUT2D eigenvalue weighted by Crippen LogP contribution is -2.17. The van der Waals surface area contributed by atoms with Crippen molar-refractivity contribution in [1.82, 2.24) is 5.32 Å². The van der Waals surface area contributed by atoms with Crippen molar-refractivity contribution in [1.29, 1.82) is 0 Å². The molecule has 1 aliphatic carbocycles. The molecule has 0 bridgehead atoms. The van der Waals surface area contributed by atoms with Crippen molar-refractivity contribution in [3.63, 3.8) is 0 Å².